The number of nitrogens with one attached hydrogen (secondary N) is 1. The molecule has 1 heterocycles. The van der Waals surface area contributed by atoms with Crippen molar-refractivity contribution in [2.24, 2.45) is 0 Å². The van der Waals surface area contributed by atoms with Gasteiger partial charge in [0.15, 0.2) is 0 Å². The summed E-state index contributed by atoms with van der Waals surface area (Å²) in [5, 5.41) is 0. The van der Waals surface area contributed by atoms with Gasteiger partial charge in [0.05, 0.1) is 0 Å². The third kappa shape index (κ3) is 5.86. The molecule has 0 aliphatic carbocycles. The number of aromatic nitrogens is 1. The first kappa shape index (κ1) is 15.0. The maximum absolute atomic E-state index is 11.7. The Bertz CT molecular complexity index is 355. The highest BCUT2D eigenvalue weighted by atomic mass is 79.9. The summed E-state index contributed by atoms with van der Waals surface area (Å²) in [6.07, 6.45) is 1.83. The van der Waals surface area contributed by atoms with Crippen molar-refractivity contribution >= 4 is 27.3 Å². The monoisotopic (exact) mass is 318 g/mol. The van der Waals surface area contributed by atoms with E-state index in [0.29, 0.717) is 0 Å². The van der Waals surface area contributed by atoms with E-state index in [1.54, 1.807) is 0 Å². The van der Waals surface area contributed by atoms with Crippen molar-refractivity contribution in [3.8, 4) is 0 Å². The van der Waals surface area contributed by atoms with Gasteiger partial charge in [-0.15, -0.1) is 4.72 Å². The predicted octanol–water partition coefficient (Wildman–Crippen LogP) is 2.83. The smallest absolute Gasteiger partial charge is 0.136 e. The Kier molecular flexibility index (Phi) is 5.92. The number of pyridine rings is 1. The van der Waals surface area contributed by atoms with E-state index in [2.05, 4.69) is 25.6 Å². The largest absolute Gasteiger partial charge is 0.598 e. The first-order valence-electron chi connectivity index (χ1n) is 5.66. The van der Waals surface area contributed by atoms with Gasteiger partial charge in [-0.1, -0.05) is 6.07 Å². The van der Waals surface area contributed by atoms with E-state index in [9.17, 15) is 4.55 Å². The molecule has 3 nitrogen and oxygen atoms in total. The first-order chi connectivity index (χ1) is 7.89. The van der Waals surface area contributed by atoms with Crippen molar-refractivity contribution in [2.75, 3.05) is 6.54 Å². The molecular weight excluding hydrogens is 300 g/mol. The second-order valence-electron chi connectivity index (χ2n) is 4.83. The van der Waals surface area contributed by atoms with Crippen molar-refractivity contribution in [3.63, 3.8) is 0 Å². The summed E-state index contributed by atoms with van der Waals surface area (Å²) in [5.41, 5.74) is 1.06. The standard InChI is InChI=1S/C12H19BrN2OS/c1-12(2,3)17(16)14-9-5-7-10-6-4-8-11(13)15-10/h4,6,8,14H,5,7,9H2,1-3H3. The number of hydrogen-bond donors (Lipinski definition) is 1. The highest BCUT2D eigenvalue weighted by molar-refractivity contribution is 9.10. The highest BCUT2D eigenvalue weighted by Crippen LogP contribution is 2.13. The molecule has 0 aliphatic heterocycles. The van der Waals surface area contributed by atoms with Crippen LogP contribution in [0.4, 0.5) is 0 Å². The van der Waals surface area contributed by atoms with Crippen LogP contribution in [0.3, 0.4) is 0 Å². The summed E-state index contributed by atoms with van der Waals surface area (Å²) in [6, 6.07) is 5.90. The van der Waals surface area contributed by atoms with Crippen LogP contribution in [0.15, 0.2) is 22.8 Å². The lowest BCUT2D eigenvalue weighted by Crippen LogP contribution is -2.39. The molecule has 1 N–H and O–H groups in total. The molecule has 1 rings (SSSR count). The molecule has 17 heavy (non-hydrogen) atoms. The van der Waals surface area contributed by atoms with E-state index >= 15 is 0 Å². The maximum Gasteiger partial charge on any atom is 0.136 e. The Morgan fingerprint density at radius 1 is 1.41 bits per heavy atom. The van der Waals surface area contributed by atoms with Crippen LogP contribution in [0.1, 0.15) is 32.9 Å². The van der Waals surface area contributed by atoms with E-state index in [1.807, 2.05) is 39.0 Å². The van der Waals surface area contributed by atoms with Crippen LogP contribution in [0.25, 0.3) is 0 Å². The SMILES string of the molecule is CC(C)(C)[S+]([O-])NCCCc1cccc(Br)n1. The fraction of sp³-hybridized carbons (Fsp3) is 0.583. The number of nitrogens with zero attached hydrogens (tertiary/aromatic N) is 1. The molecule has 0 saturated carbocycles. The highest BCUT2D eigenvalue weighted by Gasteiger charge is 2.25. The average molecular weight is 319 g/mol. The van der Waals surface area contributed by atoms with Crippen LogP contribution >= 0.6 is 15.9 Å². The van der Waals surface area contributed by atoms with E-state index in [-0.39, 0.29) is 4.75 Å². The molecule has 0 radical (unpaired) electrons. The van der Waals surface area contributed by atoms with Gasteiger partial charge in [-0.3, -0.25) is 0 Å². The van der Waals surface area contributed by atoms with Crippen molar-refractivity contribution in [1.29, 1.82) is 0 Å². The predicted molar refractivity (Wildman–Crippen MR) is 76.2 cm³/mol. The van der Waals surface area contributed by atoms with Crippen LogP contribution < -0.4 is 4.72 Å². The zero-order valence-corrected chi connectivity index (χ0v) is 12.9. The molecule has 1 atom stereocenters. The molecule has 0 fully saturated rings. The van der Waals surface area contributed by atoms with Crippen LogP contribution in [-0.2, 0) is 17.8 Å². The lowest BCUT2D eigenvalue weighted by atomic mass is 10.2. The molecule has 0 aromatic carbocycles. The normalized spacial score (nSPS) is 13.7. The molecule has 1 unspecified atom stereocenters. The molecule has 0 saturated heterocycles. The molecule has 1 aromatic heterocycles. The molecule has 1 aromatic rings. The minimum Gasteiger partial charge on any atom is -0.598 e. The van der Waals surface area contributed by atoms with Gasteiger partial charge >= 0.3 is 0 Å². The second-order valence-corrected chi connectivity index (χ2v) is 7.69. The summed E-state index contributed by atoms with van der Waals surface area (Å²) in [5.74, 6) is 0. The van der Waals surface area contributed by atoms with E-state index < -0.39 is 11.4 Å². The van der Waals surface area contributed by atoms with Crippen LogP contribution in [0.5, 0.6) is 0 Å². The van der Waals surface area contributed by atoms with E-state index in [1.165, 1.54) is 0 Å². The minimum atomic E-state index is -0.979. The lowest BCUT2D eigenvalue weighted by molar-refractivity contribution is 0.542. The van der Waals surface area contributed by atoms with Crippen LogP contribution in [0.2, 0.25) is 0 Å². The fourth-order valence-electron chi connectivity index (χ4n) is 1.24. The Morgan fingerprint density at radius 2 is 2.12 bits per heavy atom. The summed E-state index contributed by atoms with van der Waals surface area (Å²) in [7, 11) is 0. The summed E-state index contributed by atoms with van der Waals surface area (Å²) in [6.45, 7) is 6.64. The number of halogens is 1. The third-order valence-corrected chi connectivity index (χ3v) is 4.19. The summed E-state index contributed by atoms with van der Waals surface area (Å²) >= 11 is 2.37. The Hall–Kier alpha value is -0.100. The van der Waals surface area contributed by atoms with Gasteiger partial charge in [0.25, 0.3) is 0 Å². The molecular formula is C12H19BrN2OS. The molecule has 0 amide bonds. The topological polar surface area (TPSA) is 48.0 Å². The molecule has 0 bridgehead atoms. The van der Waals surface area contributed by atoms with Crippen molar-refractivity contribution < 1.29 is 4.55 Å². The second kappa shape index (κ2) is 6.73. The van der Waals surface area contributed by atoms with Crippen LogP contribution in [-0.4, -0.2) is 20.8 Å². The van der Waals surface area contributed by atoms with Crippen molar-refractivity contribution in [1.82, 2.24) is 9.71 Å². The molecule has 0 spiro atoms. The third-order valence-electron chi connectivity index (χ3n) is 2.17. The fourth-order valence-corrected chi connectivity index (χ4v) is 2.38. The van der Waals surface area contributed by atoms with E-state index in [0.717, 1.165) is 29.7 Å². The van der Waals surface area contributed by atoms with E-state index in [4.69, 9.17) is 0 Å². The molecule has 0 aliphatic rings. The van der Waals surface area contributed by atoms with Gasteiger partial charge in [-0.2, -0.15) is 0 Å². The molecule has 96 valence electrons. The Morgan fingerprint density at radius 3 is 2.71 bits per heavy atom. The zero-order valence-electron chi connectivity index (χ0n) is 10.5. The van der Waals surface area contributed by atoms with Gasteiger partial charge < -0.3 is 4.55 Å². The van der Waals surface area contributed by atoms with Crippen LogP contribution in [0, 0.1) is 0 Å². The minimum absolute atomic E-state index is 0.200. The van der Waals surface area contributed by atoms with Gasteiger partial charge in [-0.25, -0.2) is 4.98 Å². The first-order valence-corrected chi connectivity index (χ1v) is 7.61. The number of rotatable bonds is 5. The Balaban J connectivity index is 2.25. The number of aryl methyl sites for hydroxylation is 1. The number of hydrogen-bond acceptors (Lipinski definition) is 3. The molecule has 5 heteroatoms. The quantitative estimate of drug-likeness (QED) is 0.516. The lowest BCUT2D eigenvalue weighted by Gasteiger charge is -2.23. The van der Waals surface area contributed by atoms with Gasteiger partial charge in [0, 0.05) is 23.6 Å². The van der Waals surface area contributed by atoms with Gasteiger partial charge in [-0.05, 0) is 61.7 Å². The average Bonchev–Trinajstić information content (AvgIpc) is 2.23. The Labute approximate surface area is 115 Å². The summed E-state index contributed by atoms with van der Waals surface area (Å²) < 4.78 is 15.4. The maximum atomic E-state index is 11.7. The summed E-state index contributed by atoms with van der Waals surface area (Å²) in [4.78, 5) is 4.35. The van der Waals surface area contributed by atoms with Crippen molar-refractivity contribution in [3.05, 3.63) is 28.5 Å². The van der Waals surface area contributed by atoms with Crippen molar-refractivity contribution in [2.45, 2.75) is 38.4 Å². The van der Waals surface area contributed by atoms with Gasteiger partial charge in [0.2, 0.25) is 0 Å². The van der Waals surface area contributed by atoms with Gasteiger partial charge in [0.1, 0.15) is 9.35 Å². The zero-order chi connectivity index (χ0) is 12.9.